The zero-order valence-electron chi connectivity index (χ0n) is 15.1. The summed E-state index contributed by atoms with van der Waals surface area (Å²) in [5.41, 5.74) is 0. The minimum atomic E-state index is -1.08. The van der Waals surface area contributed by atoms with Crippen molar-refractivity contribution in [2.75, 3.05) is 6.54 Å². The largest absolute Gasteiger partial charge is 2.00 e. The molecule has 8 heteroatoms. The van der Waals surface area contributed by atoms with Gasteiger partial charge in [-0.25, -0.2) is 0 Å². The number of carboxylic acid groups (broad SMARTS) is 2. The van der Waals surface area contributed by atoms with Crippen LogP contribution >= 0.6 is 0 Å². The number of carbonyl (C=O) groups excluding carboxylic acids is 1. The summed E-state index contributed by atoms with van der Waals surface area (Å²) in [4.78, 5) is 30.6. The van der Waals surface area contributed by atoms with Gasteiger partial charge in [0, 0.05) is 6.54 Å². The summed E-state index contributed by atoms with van der Waals surface area (Å²) in [5.74, 6) is -1.61. The Labute approximate surface area is 174 Å². The maximum Gasteiger partial charge on any atom is 2.00 e. The van der Waals surface area contributed by atoms with Gasteiger partial charge in [-0.3, -0.25) is 14.4 Å². The van der Waals surface area contributed by atoms with Crippen LogP contribution in [0.4, 0.5) is 0 Å². The van der Waals surface area contributed by atoms with E-state index < -0.39 is 18.0 Å². The van der Waals surface area contributed by atoms with Crippen LogP contribution in [-0.4, -0.2) is 83.6 Å². The molecule has 24 heavy (non-hydrogen) atoms. The van der Waals surface area contributed by atoms with Gasteiger partial charge >= 0.3 is 49.7 Å². The molecule has 0 heterocycles. The Hall–Kier alpha value is -0.370. The minimum Gasteiger partial charge on any atom is -0.481 e. The molecule has 0 aliphatic heterocycles. The van der Waals surface area contributed by atoms with E-state index in [-0.39, 0.29) is 62.9 Å². The standard InChI is InChI=1S/C12H25NO2.C4H6O4.Ca/c1-4-6-7-11(5-2)9-13-12(15)8-10(3)14;5-3(6)1-2-4(7)8;/h10-11,14H,4-9H2,1-3H3,(H,13,15);1-2H2,(H,5,6)(H,7,8);/q;;+2. The molecule has 4 N–H and O–H groups in total. The van der Waals surface area contributed by atoms with Gasteiger partial charge in [0.15, 0.2) is 0 Å². The van der Waals surface area contributed by atoms with E-state index in [0.717, 1.165) is 13.0 Å². The van der Waals surface area contributed by atoms with Gasteiger partial charge < -0.3 is 20.6 Å². The molecule has 0 saturated carbocycles. The quantitative estimate of drug-likeness (QED) is 0.408. The molecule has 2 atom stereocenters. The van der Waals surface area contributed by atoms with Crippen molar-refractivity contribution in [1.29, 1.82) is 0 Å². The zero-order valence-corrected chi connectivity index (χ0v) is 17.3. The first-order chi connectivity index (χ1) is 10.7. The summed E-state index contributed by atoms with van der Waals surface area (Å²) in [6.45, 7) is 6.72. The number of aliphatic carboxylic acids is 2. The van der Waals surface area contributed by atoms with Gasteiger partial charge in [-0.2, -0.15) is 0 Å². The molecule has 0 fully saturated rings. The van der Waals surface area contributed by atoms with E-state index in [9.17, 15) is 14.4 Å². The van der Waals surface area contributed by atoms with Crippen molar-refractivity contribution in [3.8, 4) is 0 Å². The van der Waals surface area contributed by atoms with Crippen molar-refractivity contribution in [3.63, 3.8) is 0 Å². The molecule has 0 rings (SSSR count). The number of rotatable bonds is 11. The molecule has 0 aliphatic rings. The fourth-order valence-electron chi connectivity index (χ4n) is 1.76. The molecule has 136 valence electrons. The molecule has 0 saturated heterocycles. The molecule has 0 aromatic heterocycles. The van der Waals surface area contributed by atoms with Crippen molar-refractivity contribution in [2.45, 2.75) is 71.8 Å². The van der Waals surface area contributed by atoms with E-state index in [4.69, 9.17) is 15.3 Å². The fourth-order valence-corrected chi connectivity index (χ4v) is 1.76. The first-order valence-electron chi connectivity index (χ1n) is 8.11. The van der Waals surface area contributed by atoms with Crippen molar-refractivity contribution >= 4 is 55.6 Å². The number of aliphatic hydroxyl groups is 1. The Morgan fingerprint density at radius 1 is 1.04 bits per heavy atom. The molecular formula is C16H31CaNO6+2. The van der Waals surface area contributed by atoms with Gasteiger partial charge in [-0.1, -0.05) is 33.1 Å². The van der Waals surface area contributed by atoms with E-state index in [0.29, 0.717) is 5.92 Å². The van der Waals surface area contributed by atoms with Gasteiger partial charge in [0.1, 0.15) is 0 Å². The first-order valence-corrected chi connectivity index (χ1v) is 8.11. The third kappa shape index (κ3) is 23.9. The second kappa shape index (κ2) is 19.0. The second-order valence-corrected chi connectivity index (χ2v) is 5.56. The van der Waals surface area contributed by atoms with Crippen LogP contribution in [-0.2, 0) is 14.4 Å². The Kier molecular flexibility index (Phi) is 22.5. The van der Waals surface area contributed by atoms with Gasteiger partial charge in [-0.05, 0) is 19.3 Å². The topological polar surface area (TPSA) is 124 Å². The molecule has 1 amide bonds. The molecule has 0 radical (unpaired) electrons. The summed E-state index contributed by atoms with van der Waals surface area (Å²) in [6, 6.07) is 0. The molecule has 0 aromatic carbocycles. The summed E-state index contributed by atoms with van der Waals surface area (Å²) < 4.78 is 0. The van der Waals surface area contributed by atoms with Crippen LogP contribution in [0.1, 0.15) is 65.7 Å². The number of nitrogens with one attached hydrogen (secondary N) is 1. The van der Waals surface area contributed by atoms with Crippen LogP contribution in [0.25, 0.3) is 0 Å². The number of unbranched alkanes of at least 4 members (excludes halogenated alkanes) is 1. The Morgan fingerprint density at radius 3 is 1.88 bits per heavy atom. The Balaban J connectivity index is -0.000000419. The van der Waals surface area contributed by atoms with E-state index >= 15 is 0 Å². The smallest absolute Gasteiger partial charge is 0.481 e. The van der Waals surface area contributed by atoms with Crippen LogP contribution in [0, 0.1) is 5.92 Å². The number of carbonyl (C=O) groups is 3. The molecule has 0 spiro atoms. The van der Waals surface area contributed by atoms with E-state index in [1.807, 2.05) is 0 Å². The zero-order chi connectivity index (χ0) is 18.3. The summed E-state index contributed by atoms with van der Waals surface area (Å²) in [5, 5.41) is 27.7. The summed E-state index contributed by atoms with van der Waals surface area (Å²) in [7, 11) is 0. The number of hydrogen-bond donors (Lipinski definition) is 4. The van der Waals surface area contributed by atoms with Gasteiger partial charge in [0.05, 0.1) is 25.4 Å². The van der Waals surface area contributed by atoms with Crippen molar-refractivity contribution in [1.82, 2.24) is 5.32 Å². The van der Waals surface area contributed by atoms with Gasteiger partial charge in [0.25, 0.3) is 0 Å². The third-order valence-corrected chi connectivity index (χ3v) is 3.16. The third-order valence-electron chi connectivity index (χ3n) is 3.16. The van der Waals surface area contributed by atoms with Crippen LogP contribution in [0.15, 0.2) is 0 Å². The van der Waals surface area contributed by atoms with Gasteiger partial charge in [0.2, 0.25) is 5.91 Å². The van der Waals surface area contributed by atoms with Crippen LogP contribution in [0.5, 0.6) is 0 Å². The first kappa shape index (κ1) is 28.4. The molecule has 0 aliphatic carbocycles. The number of carboxylic acids is 2. The molecular weight excluding hydrogens is 342 g/mol. The molecule has 7 nitrogen and oxygen atoms in total. The maximum absolute atomic E-state index is 11.3. The molecule has 0 bridgehead atoms. The predicted octanol–water partition coefficient (Wildman–Crippen LogP) is 1.64. The van der Waals surface area contributed by atoms with Gasteiger partial charge in [-0.15, -0.1) is 0 Å². The van der Waals surface area contributed by atoms with Crippen LogP contribution in [0.3, 0.4) is 0 Å². The van der Waals surface area contributed by atoms with Crippen LogP contribution in [0.2, 0.25) is 0 Å². The maximum atomic E-state index is 11.3. The normalized spacial score (nSPS) is 12.0. The SMILES string of the molecule is CCCCC(CC)CNC(=O)CC(C)O.O=C(O)CCC(=O)O.[Ca+2]. The average Bonchev–Trinajstić information content (AvgIpc) is 2.45. The predicted molar refractivity (Wildman–Crippen MR) is 92.9 cm³/mol. The Morgan fingerprint density at radius 2 is 1.54 bits per heavy atom. The van der Waals surface area contributed by atoms with E-state index in [1.165, 1.54) is 19.3 Å². The summed E-state index contributed by atoms with van der Waals surface area (Å²) >= 11 is 0. The number of amides is 1. The number of aliphatic hydroxyl groups excluding tert-OH is 1. The molecule has 2 unspecified atom stereocenters. The van der Waals surface area contributed by atoms with Crippen molar-refractivity contribution in [3.05, 3.63) is 0 Å². The average molecular weight is 374 g/mol. The number of hydrogen-bond acceptors (Lipinski definition) is 4. The summed E-state index contributed by atoms with van der Waals surface area (Å²) in [6.07, 6.45) is 3.80. The molecule has 0 aromatic rings. The van der Waals surface area contributed by atoms with Crippen molar-refractivity contribution in [2.24, 2.45) is 5.92 Å². The minimum absolute atomic E-state index is 0. The van der Waals surface area contributed by atoms with E-state index in [1.54, 1.807) is 6.92 Å². The fraction of sp³-hybridized carbons (Fsp3) is 0.812. The monoisotopic (exact) mass is 373 g/mol. The van der Waals surface area contributed by atoms with E-state index in [2.05, 4.69) is 19.2 Å². The Bertz CT molecular complexity index is 335. The second-order valence-electron chi connectivity index (χ2n) is 5.56. The van der Waals surface area contributed by atoms with Crippen LogP contribution < -0.4 is 5.32 Å². The van der Waals surface area contributed by atoms with Crippen molar-refractivity contribution < 1.29 is 29.7 Å².